The van der Waals surface area contributed by atoms with Crippen LogP contribution in [0.4, 0.5) is 0 Å². The summed E-state index contributed by atoms with van der Waals surface area (Å²) in [7, 11) is 0. The first kappa shape index (κ1) is 11.6. The molecule has 1 aliphatic rings. The van der Waals surface area contributed by atoms with Crippen LogP contribution in [0.25, 0.3) is 0 Å². The summed E-state index contributed by atoms with van der Waals surface area (Å²) < 4.78 is 0. The molecule has 0 aromatic rings. The summed E-state index contributed by atoms with van der Waals surface area (Å²) in [6, 6.07) is -0.241. The number of carbonyl (C=O) groups excluding carboxylic acids is 2. The predicted octanol–water partition coefficient (Wildman–Crippen LogP) is 1.57. The highest BCUT2D eigenvalue weighted by Crippen LogP contribution is 2.21. The molecule has 1 atom stereocenters. The average molecular weight is 215 g/mol. The number of hydrogen-bond donors (Lipinski definition) is 1. The fourth-order valence-electron chi connectivity index (χ4n) is 1.35. The molecule has 0 aromatic carbocycles. The molecule has 3 nitrogen and oxygen atoms in total. The van der Waals surface area contributed by atoms with Crippen LogP contribution >= 0.6 is 11.8 Å². The van der Waals surface area contributed by atoms with Crippen molar-refractivity contribution in [3.8, 4) is 0 Å². The second kappa shape index (κ2) is 4.34. The van der Waals surface area contributed by atoms with Gasteiger partial charge in [-0.3, -0.25) is 9.59 Å². The minimum atomic E-state index is -0.241. The summed E-state index contributed by atoms with van der Waals surface area (Å²) in [5.41, 5.74) is -0.0150. The zero-order valence-electron chi connectivity index (χ0n) is 8.92. The van der Waals surface area contributed by atoms with Gasteiger partial charge in [-0.15, -0.1) is 0 Å². The van der Waals surface area contributed by atoms with E-state index in [2.05, 4.69) is 5.32 Å². The highest BCUT2D eigenvalue weighted by molar-refractivity contribution is 8.14. The van der Waals surface area contributed by atoms with Crippen LogP contribution in [0, 0.1) is 5.41 Å². The summed E-state index contributed by atoms with van der Waals surface area (Å²) in [5.74, 6) is 0.817. The van der Waals surface area contributed by atoms with Gasteiger partial charge in [-0.05, 0) is 11.8 Å². The topological polar surface area (TPSA) is 46.2 Å². The summed E-state index contributed by atoms with van der Waals surface area (Å²) in [4.78, 5) is 22.7. The molecule has 1 amide bonds. The highest BCUT2D eigenvalue weighted by Gasteiger charge is 2.27. The van der Waals surface area contributed by atoms with Gasteiger partial charge in [0.25, 0.3) is 0 Å². The molecule has 1 N–H and O–H groups in total. The van der Waals surface area contributed by atoms with Gasteiger partial charge in [0.1, 0.15) is 0 Å². The van der Waals surface area contributed by atoms with Crippen LogP contribution in [-0.2, 0) is 9.59 Å². The molecule has 0 bridgehead atoms. The molecule has 1 heterocycles. The maximum Gasteiger partial charge on any atom is 0.221 e. The standard InChI is InChI=1S/C10H17NO2S/c1-10(2,3)6-8(12)11-7-4-5-14-9(7)13/h7H,4-6H2,1-3H3,(H,11,12)/t7-/m1/s1. The van der Waals surface area contributed by atoms with Gasteiger partial charge >= 0.3 is 0 Å². The van der Waals surface area contributed by atoms with Crippen LogP contribution in [0.1, 0.15) is 33.6 Å². The van der Waals surface area contributed by atoms with E-state index < -0.39 is 0 Å². The maximum atomic E-state index is 11.5. The lowest BCUT2D eigenvalue weighted by Gasteiger charge is -2.18. The lowest BCUT2D eigenvalue weighted by Crippen LogP contribution is -2.38. The smallest absolute Gasteiger partial charge is 0.221 e. The van der Waals surface area contributed by atoms with Crippen LogP contribution in [0.2, 0.25) is 0 Å². The Morgan fingerprint density at radius 1 is 1.57 bits per heavy atom. The van der Waals surface area contributed by atoms with E-state index in [1.54, 1.807) is 0 Å². The average Bonchev–Trinajstić information content (AvgIpc) is 2.32. The SMILES string of the molecule is CC(C)(C)CC(=O)N[C@@H]1CCSC1=O. The van der Waals surface area contributed by atoms with Gasteiger partial charge in [-0.2, -0.15) is 0 Å². The zero-order valence-corrected chi connectivity index (χ0v) is 9.74. The molecular formula is C10H17NO2S. The molecule has 1 fully saturated rings. The lowest BCUT2D eigenvalue weighted by atomic mass is 9.92. The van der Waals surface area contributed by atoms with E-state index in [1.807, 2.05) is 20.8 Å². The Hall–Kier alpha value is -0.510. The highest BCUT2D eigenvalue weighted by atomic mass is 32.2. The summed E-state index contributed by atoms with van der Waals surface area (Å²) in [6.45, 7) is 6.04. The summed E-state index contributed by atoms with van der Waals surface area (Å²) in [5, 5.41) is 2.88. The van der Waals surface area contributed by atoms with Gasteiger partial charge in [0.15, 0.2) is 0 Å². The van der Waals surface area contributed by atoms with Gasteiger partial charge in [0.05, 0.1) is 6.04 Å². The largest absolute Gasteiger partial charge is 0.345 e. The first-order valence-corrected chi connectivity index (χ1v) is 5.83. The fourth-order valence-corrected chi connectivity index (χ4v) is 2.29. The van der Waals surface area contributed by atoms with Gasteiger partial charge in [0, 0.05) is 12.2 Å². The van der Waals surface area contributed by atoms with Crippen LogP contribution in [0.5, 0.6) is 0 Å². The van der Waals surface area contributed by atoms with Crippen molar-refractivity contribution in [3.05, 3.63) is 0 Å². The van der Waals surface area contributed by atoms with Gasteiger partial charge in [0.2, 0.25) is 11.0 Å². The summed E-state index contributed by atoms with van der Waals surface area (Å²) in [6.07, 6.45) is 1.25. The molecule has 1 saturated heterocycles. The van der Waals surface area contributed by atoms with Crippen LogP contribution in [0.15, 0.2) is 0 Å². The van der Waals surface area contributed by atoms with Crippen molar-refractivity contribution in [1.82, 2.24) is 5.32 Å². The number of rotatable bonds is 2. The molecule has 14 heavy (non-hydrogen) atoms. The van der Waals surface area contributed by atoms with E-state index in [9.17, 15) is 9.59 Å². The fraction of sp³-hybridized carbons (Fsp3) is 0.800. The van der Waals surface area contributed by atoms with Crippen LogP contribution < -0.4 is 5.32 Å². The summed E-state index contributed by atoms with van der Waals surface area (Å²) >= 11 is 1.31. The number of carbonyl (C=O) groups is 2. The molecular weight excluding hydrogens is 198 g/mol. The quantitative estimate of drug-likeness (QED) is 0.760. The van der Waals surface area contributed by atoms with Crippen molar-refractivity contribution in [1.29, 1.82) is 0 Å². The minimum absolute atomic E-state index is 0.0150. The van der Waals surface area contributed by atoms with Crippen molar-refractivity contribution in [2.75, 3.05) is 5.75 Å². The third-order valence-corrected chi connectivity index (χ3v) is 2.97. The van der Waals surface area contributed by atoms with Gasteiger partial charge in [-0.1, -0.05) is 32.5 Å². The van der Waals surface area contributed by atoms with E-state index in [4.69, 9.17) is 0 Å². The van der Waals surface area contributed by atoms with E-state index in [0.717, 1.165) is 12.2 Å². The Bertz CT molecular complexity index is 245. The molecule has 0 aromatic heterocycles. The Kier molecular flexibility index (Phi) is 3.59. The molecule has 1 rings (SSSR count). The monoisotopic (exact) mass is 215 g/mol. The second-order valence-corrected chi connectivity index (χ2v) is 5.91. The maximum absolute atomic E-state index is 11.5. The molecule has 1 aliphatic heterocycles. The Morgan fingerprint density at radius 3 is 2.64 bits per heavy atom. The molecule has 0 spiro atoms. The van der Waals surface area contributed by atoms with Crippen molar-refractivity contribution in [3.63, 3.8) is 0 Å². The Balaban J connectivity index is 2.37. The first-order chi connectivity index (χ1) is 6.38. The first-order valence-electron chi connectivity index (χ1n) is 4.84. The predicted molar refractivity (Wildman–Crippen MR) is 58.1 cm³/mol. The van der Waals surface area contributed by atoms with Crippen LogP contribution in [-0.4, -0.2) is 22.8 Å². The lowest BCUT2D eigenvalue weighted by molar-refractivity contribution is -0.126. The normalized spacial score (nSPS) is 22.5. The van der Waals surface area contributed by atoms with Crippen molar-refractivity contribution >= 4 is 22.8 Å². The molecule has 0 aliphatic carbocycles. The Labute approximate surface area is 89.0 Å². The Morgan fingerprint density at radius 2 is 2.21 bits per heavy atom. The molecule has 0 saturated carbocycles. The third kappa shape index (κ3) is 3.70. The molecule has 0 radical (unpaired) electrons. The van der Waals surface area contributed by atoms with Gasteiger partial charge < -0.3 is 5.32 Å². The molecule has 80 valence electrons. The molecule has 0 unspecified atom stereocenters. The van der Waals surface area contributed by atoms with Crippen molar-refractivity contribution < 1.29 is 9.59 Å². The number of thioether (sulfide) groups is 1. The van der Waals surface area contributed by atoms with E-state index in [-0.39, 0.29) is 22.5 Å². The van der Waals surface area contributed by atoms with Crippen molar-refractivity contribution in [2.24, 2.45) is 5.41 Å². The molecule has 4 heteroatoms. The second-order valence-electron chi connectivity index (χ2n) is 4.81. The number of nitrogens with one attached hydrogen (secondary N) is 1. The zero-order chi connectivity index (χ0) is 10.8. The van der Waals surface area contributed by atoms with Gasteiger partial charge in [-0.25, -0.2) is 0 Å². The number of amides is 1. The van der Waals surface area contributed by atoms with E-state index in [0.29, 0.717) is 6.42 Å². The van der Waals surface area contributed by atoms with E-state index in [1.165, 1.54) is 11.8 Å². The third-order valence-electron chi connectivity index (χ3n) is 1.96. The van der Waals surface area contributed by atoms with Crippen molar-refractivity contribution in [2.45, 2.75) is 39.7 Å². The number of hydrogen-bond acceptors (Lipinski definition) is 3. The van der Waals surface area contributed by atoms with Crippen LogP contribution in [0.3, 0.4) is 0 Å². The minimum Gasteiger partial charge on any atom is -0.345 e. The van der Waals surface area contributed by atoms with E-state index >= 15 is 0 Å².